The predicted octanol–water partition coefficient (Wildman–Crippen LogP) is 0.950. The molecule has 2 atom stereocenters. The van der Waals surface area contributed by atoms with Crippen LogP contribution >= 0.6 is 0 Å². The Morgan fingerprint density at radius 1 is 0.880 bits per heavy atom. The molecule has 5 nitrogen and oxygen atoms in total. The molecule has 5 heteroatoms. The summed E-state index contributed by atoms with van der Waals surface area (Å²) in [6, 6.07) is 11.4. The summed E-state index contributed by atoms with van der Waals surface area (Å²) in [4.78, 5) is 9.99. The van der Waals surface area contributed by atoms with Gasteiger partial charge in [0, 0.05) is 70.6 Å². The highest BCUT2D eigenvalue weighted by Gasteiger charge is 2.31. The van der Waals surface area contributed by atoms with Crippen molar-refractivity contribution in [1.82, 2.24) is 14.7 Å². The van der Waals surface area contributed by atoms with Gasteiger partial charge in [0.15, 0.2) is 0 Å². The molecule has 138 valence electrons. The second kappa shape index (κ2) is 8.04. The van der Waals surface area contributed by atoms with E-state index in [2.05, 4.69) is 49.9 Å². The molecule has 0 bridgehead atoms. The third-order valence-electron chi connectivity index (χ3n) is 6.10. The van der Waals surface area contributed by atoms with Crippen LogP contribution in [0.5, 0.6) is 0 Å². The molecule has 25 heavy (non-hydrogen) atoms. The molecule has 0 spiro atoms. The maximum atomic E-state index is 10.6. The lowest BCUT2D eigenvalue weighted by Gasteiger charge is -2.40. The van der Waals surface area contributed by atoms with Crippen molar-refractivity contribution < 1.29 is 5.11 Å². The lowest BCUT2D eigenvalue weighted by Crippen LogP contribution is -2.54. The molecular weight excluding hydrogens is 312 g/mol. The van der Waals surface area contributed by atoms with Gasteiger partial charge >= 0.3 is 0 Å². The molecule has 1 aromatic carbocycles. The molecule has 0 radical (unpaired) electrons. The minimum atomic E-state index is -0.226. The average Bonchev–Trinajstić information content (AvgIpc) is 3.11. The van der Waals surface area contributed by atoms with Gasteiger partial charge in [-0.1, -0.05) is 18.2 Å². The highest BCUT2D eigenvalue weighted by Crippen LogP contribution is 2.21. The molecule has 3 heterocycles. The van der Waals surface area contributed by atoms with Crippen molar-refractivity contribution in [2.75, 3.05) is 70.3 Å². The van der Waals surface area contributed by atoms with Crippen molar-refractivity contribution in [2.24, 2.45) is 0 Å². The monoisotopic (exact) mass is 344 g/mol. The van der Waals surface area contributed by atoms with Crippen LogP contribution < -0.4 is 4.90 Å². The van der Waals surface area contributed by atoms with E-state index in [0.29, 0.717) is 0 Å². The number of β-amino-alcohol motifs (C(OH)–C–C–N with tert-alkyl or cyclic N) is 1. The van der Waals surface area contributed by atoms with E-state index in [9.17, 15) is 5.11 Å². The lowest BCUT2D eigenvalue weighted by molar-refractivity contribution is 0.0385. The Balaban J connectivity index is 1.19. The van der Waals surface area contributed by atoms with E-state index in [0.717, 1.165) is 58.4 Å². The number of anilines is 1. The summed E-state index contributed by atoms with van der Waals surface area (Å²) >= 11 is 0. The Kier molecular flexibility index (Phi) is 5.56. The molecule has 0 saturated carbocycles. The summed E-state index contributed by atoms with van der Waals surface area (Å²) in [5.41, 5.74) is 1.32. The molecule has 4 rings (SSSR count). The van der Waals surface area contributed by atoms with E-state index < -0.39 is 0 Å². The molecule has 0 aromatic heterocycles. The lowest BCUT2D eigenvalue weighted by atomic mass is 10.1. The molecule has 0 unspecified atom stereocenters. The Morgan fingerprint density at radius 3 is 2.40 bits per heavy atom. The van der Waals surface area contributed by atoms with Gasteiger partial charge in [-0.3, -0.25) is 14.7 Å². The van der Waals surface area contributed by atoms with Crippen molar-refractivity contribution in [3.8, 4) is 0 Å². The van der Waals surface area contributed by atoms with Crippen LogP contribution in [0.25, 0.3) is 0 Å². The zero-order valence-electron chi connectivity index (χ0n) is 15.3. The van der Waals surface area contributed by atoms with E-state index in [4.69, 9.17) is 0 Å². The molecule has 1 N–H and O–H groups in total. The number of fused-ring (bicyclic) bond motifs is 1. The van der Waals surface area contributed by atoms with Crippen LogP contribution in [0.4, 0.5) is 5.69 Å². The van der Waals surface area contributed by atoms with Gasteiger partial charge in [-0.15, -0.1) is 0 Å². The Hall–Kier alpha value is -1.14. The molecule has 3 aliphatic rings. The first-order chi connectivity index (χ1) is 12.3. The Morgan fingerprint density at radius 2 is 1.60 bits per heavy atom. The van der Waals surface area contributed by atoms with Gasteiger partial charge in [0.25, 0.3) is 0 Å². The second-order valence-electron chi connectivity index (χ2n) is 7.87. The van der Waals surface area contributed by atoms with E-state index >= 15 is 0 Å². The van der Waals surface area contributed by atoms with E-state index in [1.807, 2.05) is 0 Å². The van der Waals surface area contributed by atoms with Gasteiger partial charge in [-0.25, -0.2) is 0 Å². The van der Waals surface area contributed by atoms with Crippen molar-refractivity contribution in [1.29, 1.82) is 0 Å². The maximum Gasteiger partial charge on any atom is 0.0793 e. The van der Waals surface area contributed by atoms with Crippen molar-refractivity contribution in [3.63, 3.8) is 0 Å². The molecular formula is C20H32N4O. The number of rotatable bonds is 5. The minimum absolute atomic E-state index is 0.226. The predicted molar refractivity (Wildman–Crippen MR) is 102 cm³/mol. The first-order valence-corrected chi connectivity index (χ1v) is 9.95. The topological polar surface area (TPSA) is 33.2 Å². The smallest absolute Gasteiger partial charge is 0.0793 e. The van der Waals surface area contributed by atoms with Crippen LogP contribution in [-0.4, -0.2) is 97.4 Å². The van der Waals surface area contributed by atoms with Crippen molar-refractivity contribution >= 4 is 5.69 Å². The fourth-order valence-corrected chi connectivity index (χ4v) is 4.70. The van der Waals surface area contributed by atoms with Crippen molar-refractivity contribution in [3.05, 3.63) is 30.3 Å². The average molecular weight is 345 g/mol. The number of para-hydroxylation sites is 1. The van der Waals surface area contributed by atoms with Gasteiger partial charge in [-0.05, 0) is 31.5 Å². The number of aliphatic hydroxyl groups is 1. The summed E-state index contributed by atoms with van der Waals surface area (Å²) in [6.45, 7) is 10.6. The van der Waals surface area contributed by atoms with Crippen LogP contribution in [0.3, 0.4) is 0 Å². The first-order valence-electron chi connectivity index (χ1n) is 9.95. The minimum Gasteiger partial charge on any atom is -0.390 e. The molecule has 0 amide bonds. The quantitative estimate of drug-likeness (QED) is 0.860. The Labute approximate surface area is 151 Å². The zero-order chi connectivity index (χ0) is 17.1. The number of benzene rings is 1. The fourth-order valence-electron chi connectivity index (χ4n) is 4.70. The van der Waals surface area contributed by atoms with Crippen LogP contribution in [0, 0.1) is 0 Å². The van der Waals surface area contributed by atoms with Crippen LogP contribution in [0.2, 0.25) is 0 Å². The van der Waals surface area contributed by atoms with E-state index in [-0.39, 0.29) is 6.10 Å². The van der Waals surface area contributed by atoms with Crippen LogP contribution in [0.15, 0.2) is 30.3 Å². The maximum absolute atomic E-state index is 10.6. The summed E-state index contributed by atoms with van der Waals surface area (Å²) in [6.07, 6.45) is 2.47. The number of hydrogen-bond donors (Lipinski definition) is 1. The number of hydrogen-bond acceptors (Lipinski definition) is 5. The molecule has 3 saturated heterocycles. The summed E-state index contributed by atoms with van der Waals surface area (Å²) < 4.78 is 0. The van der Waals surface area contributed by atoms with Gasteiger partial charge < -0.3 is 10.0 Å². The normalized spacial score (nSPS) is 27.4. The molecule has 1 aromatic rings. The number of nitrogens with zero attached hydrogens (tertiary/aromatic N) is 4. The third-order valence-corrected chi connectivity index (χ3v) is 6.10. The third kappa shape index (κ3) is 4.34. The van der Waals surface area contributed by atoms with E-state index in [1.54, 1.807) is 0 Å². The largest absolute Gasteiger partial charge is 0.390 e. The number of aliphatic hydroxyl groups excluding tert-OH is 1. The second-order valence-corrected chi connectivity index (χ2v) is 7.87. The summed E-state index contributed by atoms with van der Waals surface area (Å²) in [5.74, 6) is 0. The number of piperazine rings is 2. The Bertz CT molecular complexity index is 532. The van der Waals surface area contributed by atoms with Gasteiger partial charge in [0.05, 0.1) is 6.10 Å². The van der Waals surface area contributed by atoms with Crippen LogP contribution in [-0.2, 0) is 0 Å². The highest BCUT2D eigenvalue weighted by molar-refractivity contribution is 5.46. The van der Waals surface area contributed by atoms with Gasteiger partial charge in [0.1, 0.15) is 0 Å². The standard InChI is InChI=1S/C20H32N4O/c25-20(17-22-11-14-23-8-4-7-19(23)15-22)16-21-9-12-24(13-10-21)18-5-2-1-3-6-18/h1-3,5-6,19-20,25H,4,7-17H2/t19-,20-/m0/s1. The first kappa shape index (κ1) is 17.3. The summed E-state index contributed by atoms with van der Waals surface area (Å²) in [5, 5.41) is 10.6. The molecule has 0 aliphatic carbocycles. The highest BCUT2D eigenvalue weighted by atomic mass is 16.3. The molecule has 3 fully saturated rings. The summed E-state index contributed by atoms with van der Waals surface area (Å²) in [7, 11) is 0. The fraction of sp³-hybridized carbons (Fsp3) is 0.700. The molecule has 3 aliphatic heterocycles. The van der Waals surface area contributed by atoms with Crippen molar-refractivity contribution in [2.45, 2.75) is 25.0 Å². The van der Waals surface area contributed by atoms with Gasteiger partial charge in [-0.2, -0.15) is 0 Å². The van der Waals surface area contributed by atoms with Crippen LogP contribution in [0.1, 0.15) is 12.8 Å². The zero-order valence-corrected chi connectivity index (χ0v) is 15.3. The van der Waals surface area contributed by atoms with Gasteiger partial charge in [0.2, 0.25) is 0 Å². The SMILES string of the molecule is O[C@@H](CN1CCN(c2ccccc2)CC1)CN1CCN2CCC[C@H]2C1. The van der Waals surface area contributed by atoms with E-state index in [1.165, 1.54) is 31.6 Å².